The third kappa shape index (κ3) is 13.9. The molecule has 0 aliphatic carbocycles. The van der Waals surface area contributed by atoms with Crippen LogP contribution in [0.15, 0.2) is 146 Å². The van der Waals surface area contributed by atoms with Crippen LogP contribution in [0, 0.1) is 27.7 Å². The Labute approximate surface area is 386 Å². The first-order chi connectivity index (χ1) is 29.8. The first-order valence-electron chi connectivity index (χ1n) is 21.2. The second-order valence-electron chi connectivity index (χ2n) is 14.0. The maximum atomic E-state index is 5.71. The smallest absolute Gasteiger partial charge is 0.119 e. The van der Waals surface area contributed by atoms with Crippen LogP contribution in [0.1, 0.15) is 68.5 Å². The van der Waals surface area contributed by atoms with Crippen molar-refractivity contribution in [2.45, 2.75) is 75.2 Å². The molecule has 0 atom stereocenters. The highest BCUT2D eigenvalue weighted by atomic mass is 35.5. The number of benzene rings is 6. The average molecular weight is 892 g/mol. The molecule has 0 aliphatic heterocycles. The minimum absolute atomic E-state index is 0. The summed E-state index contributed by atoms with van der Waals surface area (Å²) < 4.78 is 13.3. The van der Waals surface area contributed by atoms with Gasteiger partial charge in [-0.15, -0.1) is 34.8 Å². The summed E-state index contributed by atoms with van der Waals surface area (Å²) in [5.74, 6) is 3.24. The number of ether oxygens (including phenoxy) is 2. The first kappa shape index (κ1) is 51.2. The van der Waals surface area contributed by atoms with Crippen molar-refractivity contribution in [1.29, 1.82) is 0 Å². The van der Waals surface area contributed by atoms with Crippen molar-refractivity contribution in [3.63, 3.8) is 0 Å². The Bertz CT molecular complexity index is 2470. The van der Waals surface area contributed by atoms with E-state index in [9.17, 15) is 0 Å². The van der Waals surface area contributed by atoms with Gasteiger partial charge in [0.2, 0.25) is 0 Å². The zero-order valence-corrected chi connectivity index (χ0v) is 39.3. The summed E-state index contributed by atoms with van der Waals surface area (Å²) in [5.41, 5.74) is 15.1. The molecule has 0 saturated heterocycles. The van der Waals surface area contributed by atoms with E-state index in [-0.39, 0.29) is 7.43 Å². The monoisotopic (exact) mass is 890 g/mol. The molecule has 8 aromatic rings. The molecule has 2 heterocycles. The molecule has 8 rings (SSSR count). The fraction of sp³-hybridized carbons (Fsp3) is 0.273. The van der Waals surface area contributed by atoms with E-state index in [0.29, 0.717) is 30.9 Å². The summed E-state index contributed by atoms with van der Waals surface area (Å²) in [6.07, 6.45) is 0. The second-order valence-corrected chi connectivity index (χ2v) is 15.0. The van der Waals surface area contributed by atoms with E-state index in [2.05, 4.69) is 140 Å². The van der Waals surface area contributed by atoms with Crippen molar-refractivity contribution in [1.82, 2.24) is 9.55 Å². The van der Waals surface area contributed by atoms with Gasteiger partial charge in [0.05, 0.1) is 17.5 Å². The number of alkyl halides is 3. The fourth-order valence-electron chi connectivity index (χ4n) is 6.96. The number of aromatic amines is 1. The van der Waals surface area contributed by atoms with Gasteiger partial charge in [-0.1, -0.05) is 143 Å². The van der Waals surface area contributed by atoms with Crippen LogP contribution in [0.25, 0.3) is 44.3 Å². The minimum Gasteiger partial charge on any atom is -0.492 e. The second kappa shape index (κ2) is 27.0. The van der Waals surface area contributed by atoms with Crippen molar-refractivity contribution >= 4 is 56.6 Å². The number of aryl methyl sites for hydroxylation is 4. The summed E-state index contributed by atoms with van der Waals surface area (Å²) in [5, 5.41) is 2.64. The molecular formula is C55H65Cl3N2O2. The summed E-state index contributed by atoms with van der Waals surface area (Å²) in [4.78, 5) is 3.51. The van der Waals surface area contributed by atoms with Gasteiger partial charge in [-0.2, -0.15) is 0 Å². The van der Waals surface area contributed by atoms with Gasteiger partial charge in [0.1, 0.15) is 24.7 Å². The Morgan fingerprint density at radius 1 is 0.516 bits per heavy atom. The van der Waals surface area contributed by atoms with Crippen LogP contribution >= 0.6 is 34.8 Å². The molecule has 0 saturated carbocycles. The molecule has 0 spiro atoms. The minimum atomic E-state index is 0. The Hall–Kier alpha value is -5.13. The molecule has 0 unspecified atom stereocenters. The molecule has 0 fully saturated rings. The molecule has 4 nitrogen and oxygen atoms in total. The molecule has 62 heavy (non-hydrogen) atoms. The highest BCUT2D eigenvalue weighted by molar-refractivity contribution is 6.18. The van der Waals surface area contributed by atoms with Crippen molar-refractivity contribution in [3.05, 3.63) is 179 Å². The normalized spacial score (nSPS) is 10.1. The van der Waals surface area contributed by atoms with Crippen LogP contribution in [0.5, 0.6) is 11.5 Å². The van der Waals surface area contributed by atoms with Gasteiger partial charge in [0, 0.05) is 39.9 Å². The van der Waals surface area contributed by atoms with E-state index in [0.717, 1.165) is 23.6 Å². The standard InChI is InChI=1S/C25H24ClNO.C16H15N.C9H10Cl2O.2C2H6.CH4/c1-18-8-13-24-23(16-18)19(2)25(21-6-4-3-5-7-21)27(24)17-20-9-11-22(12-10-20)28-15-14-26;1-11-8-9-15-14(10-11)12(2)16(17-15)13-6-4-3-5-7-13;10-5-6-12-9-3-1-8(7-11)2-4-9;2*1-2;/h3-13,16H,14-15,17H2,1-2H3;3-10,17H,1-2H3;1-4H,5-7H2;2*1-2H3;1H4. The molecule has 0 aliphatic rings. The van der Waals surface area contributed by atoms with Crippen LogP contribution in [-0.4, -0.2) is 34.5 Å². The van der Waals surface area contributed by atoms with Crippen molar-refractivity contribution in [3.8, 4) is 34.0 Å². The van der Waals surface area contributed by atoms with Gasteiger partial charge in [-0.05, 0) is 110 Å². The summed E-state index contributed by atoms with van der Waals surface area (Å²) in [6.45, 7) is 18.6. The number of nitrogens with zero attached hydrogens (tertiary/aromatic N) is 1. The van der Waals surface area contributed by atoms with Gasteiger partial charge in [0.15, 0.2) is 0 Å². The molecule has 6 aromatic carbocycles. The number of rotatable bonds is 11. The third-order valence-electron chi connectivity index (χ3n) is 9.83. The maximum absolute atomic E-state index is 5.71. The molecule has 328 valence electrons. The largest absolute Gasteiger partial charge is 0.492 e. The van der Waals surface area contributed by atoms with Crippen LogP contribution in [0.3, 0.4) is 0 Å². The molecule has 1 N–H and O–H groups in total. The van der Waals surface area contributed by atoms with Gasteiger partial charge >= 0.3 is 0 Å². The lowest BCUT2D eigenvalue weighted by atomic mass is 10.1. The SMILES string of the molecule is C.CC.CC.Cc1ccc2[nH]c(-c3ccccc3)c(C)c2c1.Cc1ccc2c(c1)c(C)c(-c1ccccc1)n2Cc1ccc(OCCCl)cc1.ClCCOc1ccc(CCl)cc1. The van der Waals surface area contributed by atoms with Gasteiger partial charge in [-0.3, -0.25) is 0 Å². The van der Waals surface area contributed by atoms with Crippen molar-refractivity contribution in [2.75, 3.05) is 25.0 Å². The lowest BCUT2D eigenvalue weighted by Crippen LogP contribution is -2.03. The van der Waals surface area contributed by atoms with E-state index in [1.165, 1.54) is 72.1 Å². The van der Waals surface area contributed by atoms with Crippen LogP contribution in [0.2, 0.25) is 0 Å². The zero-order chi connectivity index (χ0) is 44.1. The molecule has 2 aromatic heterocycles. The number of aromatic nitrogens is 2. The highest BCUT2D eigenvalue weighted by Crippen LogP contribution is 2.35. The number of hydrogen-bond acceptors (Lipinski definition) is 2. The molecular weight excluding hydrogens is 827 g/mol. The van der Waals surface area contributed by atoms with E-state index in [1.807, 2.05) is 70.2 Å². The number of nitrogens with one attached hydrogen (secondary N) is 1. The van der Waals surface area contributed by atoms with Crippen LogP contribution in [0.4, 0.5) is 0 Å². The number of H-pyrrole nitrogens is 1. The maximum Gasteiger partial charge on any atom is 0.119 e. The Balaban J connectivity index is 0.000000257. The van der Waals surface area contributed by atoms with E-state index in [4.69, 9.17) is 44.3 Å². The van der Waals surface area contributed by atoms with E-state index in [1.54, 1.807) is 0 Å². The summed E-state index contributed by atoms with van der Waals surface area (Å²) >= 11 is 16.8. The molecule has 0 amide bonds. The Kier molecular flexibility index (Phi) is 22.3. The third-order valence-corrected chi connectivity index (χ3v) is 10.4. The lowest BCUT2D eigenvalue weighted by Gasteiger charge is -2.13. The predicted molar refractivity (Wildman–Crippen MR) is 273 cm³/mol. The predicted octanol–water partition coefficient (Wildman–Crippen LogP) is 16.8. The first-order valence-corrected chi connectivity index (χ1v) is 22.8. The molecule has 0 bridgehead atoms. The van der Waals surface area contributed by atoms with Gasteiger partial charge < -0.3 is 19.0 Å². The highest BCUT2D eigenvalue weighted by Gasteiger charge is 2.16. The quantitative estimate of drug-likeness (QED) is 0.131. The molecule has 7 heteroatoms. The fourth-order valence-corrected chi connectivity index (χ4v) is 7.30. The van der Waals surface area contributed by atoms with Crippen LogP contribution < -0.4 is 9.47 Å². The van der Waals surface area contributed by atoms with Gasteiger partial charge in [0.25, 0.3) is 0 Å². The van der Waals surface area contributed by atoms with Crippen molar-refractivity contribution in [2.24, 2.45) is 0 Å². The summed E-state index contributed by atoms with van der Waals surface area (Å²) in [7, 11) is 0. The van der Waals surface area contributed by atoms with E-state index >= 15 is 0 Å². The Morgan fingerprint density at radius 2 is 1.00 bits per heavy atom. The summed E-state index contributed by atoms with van der Waals surface area (Å²) in [6, 6.07) is 50.4. The Morgan fingerprint density at radius 3 is 1.52 bits per heavy atom. The lowest BCUT2D eigenvalue weighted by molar-refractivity contribution is 0.342. The van der Waals surface area contributed by atoms with Crippen molar-refractivity contribution < 1.29 is 9.47 Å². The number of hydrogen-bond donors (Lipinski definition) is 1. The average Bonchev–Trinajstić information content (AvgIpc) is 3.78. The molecule has 0 radical (unpaired) electrons. The van der Waals surface area contributed by atoms with Crippen LogP contribution in [-0.2, 0) is 12.4 Å². The zero-order valence-electron chi connectivity index (χ0n) is 37.0. The van der Waals surface area contributed by atoms with Gasteiger partial charge in [-0.25, -0.2) is 0 Å². The van der Waals surface area contributed by atoms with E-state index < -0.39 is 0 Å². The number of fused-ring (bicyclic) bond motifs is 2. The topological polar surface area (TPSA) is 39.2 Å². The number of halogens is 3.